The predicted molar refractivity (Wildman–Crippen MR) is 89.7 cm³/mol. The van der Waals surface area contributed by atoms with Gasteiger partial charge in [-0.1, -0.05) is 12.8 Å². The van der Waals surface area contributed by atoms with Crippen molar-refractivity contribution in [1.29, 1.82) is 0 Å². The number of anilines is 1. The van der Waals surface area contributed by atoms with E-state index in [1.54, 1.807) is 6.26 Å². The van der Waals surface area contributed by atoms with Crippen LogP contribution in [-0.4, -0.2) is 5.11 Å². The molecule has 0 amide bonds. The molecule has 1 aromatic carbocycles. The summed E-state index contributed by atoms with van der Waals surface area (Å²) < 4.78 is 43.3. The van der Waals surface area contributed by atoms with Crippen LogP contribution in [0, 0.1) is 0 Å². The van der Waals surface area contributed by atoms with E-state index in [1.807, 2.05) is 12.1 Å². The van der Waals surface area contributed by atoms with Crippen LogP contribution < -0.4 is 10.6 Å². The van der Waals surface area contributed by atoms with E-state index in [-0.39, 0.29) is 5.54 Å². The molecule has 0 atom stereocenters. The standard InChI is InChI=1S/C17H17F3N2OS/c18-17(19,20)12-5-7-13(8-6-12)21-15(24)22-16(9-1-2-10-16)14-4-3-11-23-14/h3-8,11H,1-2,9-10H2,(H2,21,22,24). The first-order valence-electron chi connectivity index (χ1n) is 7.69. The highest BCUT2D eigenvalue weighted by Gasteiger charge is 2.38. The number of furan rings is 1. The van der Waals surface area contributed by atoms with Gasteiger partial charge >= 0.3 is 6.18 Å². The fourth-order valence-corrected chi connectivity index (χ4v) is 3.40. The summed E-state index contributed by atoms with van der Waals surface area (Å²) in [7, 11) is 0. The third-order valence-electron chi connectivity index (χ3n) is 4.27. The Morgan fingerprint density at radius 2 is 1.75 bits per heavy atom. The molecule has 128 valence electrons. The molecular formula is C17H17F3N2OS. The highest BCUT2D eigenvalue weighted by atomic mass is 32.1. The summed E-state index contributed by atoms with van der Waals surface area (Å²) in [6, 6.07) is 8.55. The minimum absolute atomic E-state index is 0.348. The Morgan fingerprint density at radius 3 is 2.29 bits per heavy atom. The maximum absolute atomic E-state index is 12.6. The summed E-state index contributed by atoms with van der Waals surface area (Å²) >= 11 is 5.34. The average molecular weight is 354 g/mol. The topological polar surface area (TPSA) is 37.2 Å². The minimum atomic E-state index is -4.34. The van der Waals surface area contributed by atoms with E-state index in [9.17, 15) is 13.2 Å². The molecule has 1 aliphatic rings. The molecule has 2 N–H and O–H groups in total. The van der Waals surface area contributed by atoms with Crippen molar-refractivity contribution in [2.75, 3.05) is 5.32 Å². The van der Waals surface area contributed by atoms with Gasteiger partial charge in [0.1, 0.15) is 5.76 Å². The number of rotatable bonds is 3. The number of thiocarbonyl (C=S) groups is 1. The summed E-state index contributed by atoms with van der Waals surface area (Å²) in [5, 5.41) is 6.61. The SMILES string of the molecule is FC(F)(F)c1ccc(NC(=S)NC2(c3ccco3)CCCC2)cc1. The molecule has 1 saturated carbocycles. The van der Waals surface area contributed by atoms with Gasteiger partial charge in [0.15, 0.2) is 5.11 Å². The van der Waals surface area contributed by atoms with Crippen LogP contribution in [-0.2, 0) is 11.7 Å². The van der Waals surface area contributed by atoms with Gasteiger partial charge in [-0.05, 0) is 61.5 Å². The highest BCUT2D eigenvalue weighted by Crippen LogP contribution is 2.39. The molecule has 24 heavy (non-hydrogen) atoms. The first-order chi connectivity index (χ1) is 11.4. The van der Waals surface area contributed by atoms with Gasteiger partial charge in [0.05, 0.1) is 17.4 Å². The molecule has 0 aliphatic heterocycles. The Labute approximate surface area is 143 Å². The van der Waals surface area contributed by atoms with Crippen molar-refractivity contribution < 1.29 is 17.6 Å². The third-order valence-corrected chi connectivity index (χ3v) is 4.48. The summed E-state index contributed by atoms with van der Waals surface area (Å²) in [6.07, 6.45) is 1.21. The summed E-state index contributed by atoms with van der Waals surface area (Å²) in [5.74, 6) is 0.830. The first kappa shape index (κ1) is 16.8. The normalized spacial score (nSPS) is 16.8. The molecular weight excluding hydrogens is 337 g/mol. The second-order valence-electron chi connectivity index (χ2n) is 5.92. The Kier molecular flexibility index (Phi) is 4.54. The molecule has 1 fully saturated rings. The molecule has 0 unspecified atom stereocenters. The second kappa shape index (κ2) is 6.47. The van der Waals surface area contributed by atoms with E-state index in [4.69, 9.17) is 16.6 Å². The number of benzene rings is 1. The van der Waals surface area contributed by atoms with Crippen molar-refractivity contribution >= 4 is 23.0 Å². The van der Waals surface area contributed by atoms with Gasteiger partial charge in [-0.2, -0.15) is 13.2 Å². The maximum atomic E-state index is 12.6. The van der Waals surface area contributed by atoms with E-state index in [0.29, 0.717) is 10.8 Å². The highest BCUT2D eigenvalue weighted by molar-refractivity contribution is 7.80. The molecule has 2 aromatic rings. The third kappa shape index (κ3) is 3.56. The fourth-order valence-electron chi connectivity index (χ4n) is 3.08. The van der Waals surface area contributed by atoms with Crippen molar-refractivity contribution in [2.45, 2.75) is 37.4 Å². The molecule has 0 bridgehead atoms. The van der Waals surface area contributed by atoms with Crippen LogP contribution in [0.5, 0.6) is 0 Å². The van der Waals surface area contributed by atoms with E-state index in [1.165, 1.54) is 12.1 Å². The van der Waals surface area contributed by atoms with Gasteiger partial charge in [-0.15, -0.1) is 0 Å². The molecule has 0 spiro atoms. The first-order valence-corrected chi connectivity index (χ1v) is 8.10. The van der Waals surface area contributed by atoms with Crippen LogP contribution in [0.15, 0.2) is 47.1 Å². The molecule has 3 rings (SSSR count). The quantitative estimate of drug-likeness (QED) is 0.756. The van der Waals surface area contributed by atoms with Gasteiger partial charge in [0, 0.05) is 5.69 Å². The van der Waals surface area contributed by atoms with E-state index < -0.39 is 11.7 Å². The lowest BCUT2D eigenvalue weighted by atomic mass is 9.94. The van der Waals surface area contributed by atoms with Crippen LogP contribution in [0.4, 0.5) is 18.9 Å². The summed E-state index contributed by atoms with van der Waals surface area (Å²) in [6.45, 7) is 0. The van der Waals surface area contributed by atoms with Crippen LogP contribution in [0.3, 0.4) is 0 Å². The van der Waals surface area contributed by atoms with E-state index in [2.05, 4.69) is 10.6 Å². The largest absolute Gasteiger partial charge is 0.467 e. The van der Waals surface area contributed by atoms with E-state index in [0.717, 1.165) is 43.6 Å². The van der Waals surface area contributed by atoms with Gasteiger partial charge in [-0.25, -0.2) is 0 Å². The van der Waals surface area contributed by atoms with Crippen molar-refractivity contribution in [1.82, 2.24) is 5.32 Å². The number of nitrogens with one attached hydrogen (secondary N) is 2. The maximum Gasteiger partial charge on any atom is 0.416 e. The lowest BCUT2D eigenvalue weighted by Gasteiger charge is -2.29. The van der Waals surface area contributed by atoms with Crippen LogP contribution in [0.1, 0.15) is 37.0 Å². The molecule has 7 heteroatoms. The van der Waals surface area contributed by atoms with Crippen molar-refractivity contribution in [3.05, 3.63) is 54.0 Å². The van der Waals surface area contributed by atoms with Crippen LogP contribution >= 0.6 is 12.2 Å². The average Bonchev–Trinajstić information content (AvgIpc) is 3.18. The van der Waals surface area contributed by atoms with Crippen LogP contribution in [0.25, 0.3) is 0 Å². The van der Waals surface area contributed by atoms with Gasteiger partial charge in [-0.3, -0.25) is 0 Å². The van der Waals surface area contributed by atoms with Gasteiger partial charge in [0.25, 0.3) is 0 Å². The molecule has 1 aromatic heterocycles. The molecule has 3 nitrogen and oxygen atoms in total. The van der Waals surface area contributed by atoms with Crippen LogP contribution in [0.2, 0.25) is 0 Å². The van der Waals surface area contributed by atoms with Crippen molar-refractivity contribution in [2.24, 2.45) is 0 Å². The summed E-state index contributed by atoms with van der Waals surface area (Å²) in [5.41, 5.74) is -0.526. The Balaban J connectivity index is 1.69. The molecule has 1 heterocycles. The Morgan fingerprint density at radius 1 is 1.08 bits per heavy atom. The zero-order valence-electron chi connectivity index (χ0n) is 12.8. The van der Waals surface area contributed by atoms with Gasteiger partial charge < -0.3 is 15.1 Å². The second-order valence-corrected chi connectivity index (χ2v) is 6.33. The Hall–Kier alpha value is -2.02. The molecule has 1 aliphatic carbocycles. The monoisotopic (exact) mass is 354 g/mol. The number of halogens is 3. The zero-order valence-corrected chi connectivity index (χ0v) is 13.6. The number of alkyl halides is 3. The lowest BCUT2D eigenvalue weighted by Crippen LogP contribution is -2.45. The fraction of sp³-hybridized carbons (Fsp3) is 0.353. The van der Waals surface area contributed by atoms with Crippen molar-refractivity contribution in [3.8, 4) is 0 Å². The molecule has 0 radical (unpaired) electrons. The lowest BCUT2D eigenvalue weighted by molar-refractivity contribution is -0.137. The van der Waals surface area contributed by atoms with E-state index >= 15 is 0 Å². The molecule has 0 saturated heterocycles. The minimum Gasteiger partial charge on any atom is -0.467 e. The number of hydrogen-bond acceptors (Lipinski definition) is 2. The summed E-state index contributed by atoms with van der Waals surface area (Å²) in [4.78, 5) is 0. The number of hydrogen-bond donors (Lipinski definition) is 2. The predicted octanol–water partition coefficient (Wildman–Crippen LogP) is 5.05. The van der Waals surface area contributed by atoms with Gasteiger partial charge in [0.2, 0.25) is 0 Å². The smallest absolute Gasteiger partial charge is 0.416 e. The Bertz CT molecular complexity index is 690. The van der Waals surface area contributed by atoms with Crippen molar-refractivity contribution in [3.63, 3.8) is 0 Å². The zero-order chi connectivity index (χ0) is 17.2.